The van der Waals surface area contributed by atoms with E-state index < -0.39 is 11.9 Å². The number of benzene rings is 4. The summed E-state index contributed by atoms with van der Waals surface area (Å²) in [5, 5.41) is 3.27. The van der Waals surface area contributed by atoms with Gasteiger partial charge in [-0.15, -0.1) is 12.4 Å². The van der Waals surface area contributed by atoms with Crippen LogP contribution in [0.3, 0.4) is 0 Å². The van der Waals surface area contributed by atoms with Gasteiger partial charge in [0.05, 0.1) is 11.4 Å². The lowest BCUT2D eigenvalue weighted by molar-refractivity contribution is -0.132. The molecule has 0 atom stereocenters. The van der Waals surface area contributed by atoms with Crippen molar-refractivity contribution in [2.24, 2.45) is 0 Å². The summed E-state index contributed by atoms with van der Waals surface area (Å²) in [4.78, 5) is 23.8. The summed E-state index contributed by atoms with van der Waals surface area (Å²) in [7, 11) is 0. The molecule has 31 heavy (non-hydrogen) atoms. The van der Waals surface area contributed by atoms with E-state index in [4.69, 9.17) is 20.9 Å². The van der Waals surface area contributed by atoms with E-state index in [-0.39, 0.29) is 23.9 Å². The first kappa shape index (κ1) is 21.9. The maximum absolute atomic E-state index is 11.9. The summed E-state index contributed by atoms with van der Waals surface area (Å²) in [5.74, 6) is -0.628. The van der Waals surface area contributed by atoms with Crippen LogP contribution >= 0.6 is 12.4 Å². The van der Waals surface area contributed by atoms with Crippen LogP contribution in [0.5, 0.6) is 11.5 Å². The highest BCUT2D eigenvalue weighted by molar-refractivity contribution is 6.14. The summed E-state index contributed by atoms with van der Waals surface area (Å²) >= 11 is 0. The van der Waals surface area contributed by atoms with Gasteiger partial charge in [-0.05, 0) is 33.7 Å². The fourth-order valence-electron chi connectivity index (χ4n) is 3.70. The van der Waals surface area contributed by atoms with Crippen LogP contribution < -0.4 is 20.9 Å². The van der Waals surface area contributed by atoms with Crippen molar-refractivity contribution >= 4 is 57.3 Å². The van der Waals surface area contributed by atoms with Crippen molar-refractivity contribution in [3.8, 4) is 22.6 Å². The molecule has 0 unspecified atom stereocenters. The van der Waals surface area contributed by atoms with Gasteiger partial charge in [-0.3, -0.25) is 9.59 Å². The first-order valence-electron chi connectivity index (χ1n) is 9.36. The molecule has 158 valence electrons. The number of hydrogen-bond acceptors (Lipinski definition) is 6. The molecule has 0 fully saturated rings. The van der Waals surface area contributed by atoms with Crippen LogP contribution in [0.1, 0.15) is 13.8 Å². The predicted molar refractivity (Wildman–Crippen MR) is 126 cm³/mol. The predicted octanol–water partition coefficient (Wildman–Crippen LogP) is 5.10. The lowest BCUT2D eigenvalue weighted by Gasteiger charge is -2.20. The number of ether oxygens (including phenoxy) is 2. The Hall–Kier alpha value is -3.77. The van der Waals surface area contributed by atoms with E-state index >= 15 is 0 Å². The summed E-state index contributed by atoms with van der Waals surface area (Å²) < 4.78 is 11.1. The van der Waals surface area contributed by atoms with Gasteiger partial charge in [0.2, 0.25) is 0 Å². The smallest absolute Gasteiger partial charge is 0.308 e. The van der Waals surface area contributed by atoms with Gasteiger partial charge in [0, 0.05) is 25.0 Å². The third kappa shape index (κ3) is 3.98. The first-order valence-corrected chi connectivity index (χ1v) is 9.36. The molecule has 0 heterocycles. The molecule has 4 aromatic rings. The van der Waals surface area contributed by atoms with Gasteiger partial charge in [0.15, 0.2) is 11.5 Å². The van der Waals surface area contributed by atoms with E-state index in [0.29, 0.717) is 22.5 Å². The van der Waals surface area contributed by atoms with Gasteiger partial charge >= 0.3 is 11.9 Å². The van der Waals surface area contributed by atoms with Crippen LogP contribution in [-0.2, 0) is 9.59 Å². The standard InChI is InChI=1S/C24H20N2O4.ClH/c1-13(27)29-23-19(25)11-15-7-3-5-9-17(15)21(23)22-18-10-6-4-8-16(18)12-20(26)24(22)30-14(2)28;/h3-12H,25-26H2,1-2H3;1H. The number of anilines is 2. The normalized spacial score (nSPS) is 10.5. The Balaban J connectivity index is 0.00000272. The topological polar surface area (TPSA) is 105 Å². The molecule has 0 amide bonds. The molecular formula is C24H21ClN2O4. The van der Waals surface area contributed by atoms with E-state index in [1.165, 1.54) is 13.8 Å². The van der Waals surface area contributed by atoms with Crippen molar-refractivity contribution < 1.29 is 19.1 Å². The molecule has 0 radical (unpaired) electrons. The number of carbonyl (C=O) groups excluding carboxylic acids is 2. The van der Waals surface area contributed by atoms with E-state index in [9.17, 15) is 9.59 Å². The molecule has 0 aromatic heterocycles. The summed E-state index contributed by atoms with van der Waals surface area (Å²) in [6.07, 6.45) is 0. The highest BCUT2D eigenvalue weighted by Crippen LogP contribution is 2.50. The average Bonchev–Trinajstić information content (AvgIpc) is 2.69. The lowest BCUT2D eigenvalue weighted by atomic mass is 9.91. The van der Waals surface area contributed by atoms with Crippen molar-refractivity contribution in [3.63, 3.8) is 0 Å². The molecule has 0 saturated heterocycles. The van der Waals surface area contributed by atoms with Crippen LogP contribution in [0, 0.1) is 0 Å². The minimum absolute atomic E-state index is 0. The Morgan fingerprint density at radius 2 is 1.03 bits per heavy atom. The van der Waals surface area contributed by atoms with Gasteiger partial charge < -0.3 is 20.9 Å². The Morgan fingerprint density at radius 3 is 1.39 bits per heavy atom. The number of fused-ring (bicyclic) bond motifs is 2. The van der Waals surface area contributed by atoms with Gasteiger partial charge in [-0.2, -0.15) is 0 Å². The molecule has 4 N–H and O–H groups in total. The van der Waals surface area contributed by atoms with E-state index in [0.717, 1.165) is 21.5 Å². The van der Waals surface area contributed by atoms with Crippen LogP contribution in [0.15, 0.2) is 60.7 Å². The van der Waals surface area contributed by atoms with Crippen molar-refractivity contribution in [1.82, 2.24) is 0 Å². The zero-order chi connectivity index (χ0) is 21.4. The maximum atomic E-state index is 11.9. The van der Waals surface area contributed by atoms with Gasteiger partial charge in [-0.25, -0.2) is 0 Å². The minimum atomic E-state index is -0.513. The number of halogens is 1. The van der Waals surface area contributed by atoms with Gasteiger partial charge in [0.25, 0.3) is 0 Å². The van der Waals surface area contributed by atoms with Crippen molar-refractivity contribution in [3.05, 3.63) is 60.7 Å². The molecule has 0 aliphatic rings. The molecule has 4 aromatic carbocycles. The molecule has 0 spiro atoms. The number of carbonyl (C=O) groups is 2. The second-order valence-electron chi connectivity index (χ2n) is 6.97. The quantitative estimate of drug-likeness (QED) is 0.263. The molecule has 6 nitrogen and oxygen atoms in total. The molecule has 0 aliphatic carbocycles. The number of esters is 2. The maximum Gasteiger partial charge on any atom is 0.308 e. The number of hydrogen-bond donors (Lipinski definition) is 2. The Morgan fingerprint density at radius 1 is 0.677 bits per heavy atom. The van der Waals surface area contributed by atoms with Gasteiger partial charge in [0.1, 0.15) is 0 Å². The molecule has 4 rings (SSSR count). The van der Waals surface area contributed by atoms with E-state index in [2.05, 4.69) is 0 Å². The Bertz CT molecular complexity index is 1230. The van der Waals surface area contributed by atoms with Crippen LogP contribution in [0.4, 0.5) is 11.4 Å². The number of nitrogen functional groups attached to an aromatic ring is 2. The van der Waals surface area contributed by atoms with Crippen LogP contribution in [0.25, 0.3) is 32.7 Å². The highest BCUT2D eigenvalue weighted by atomic mass is 35.5. The first-order chi connectivity index (χ1) is 14.4. The molecule has 0 aliphatic heterocycles. The SMILES string of the molecule is CC(=O)Oc1c(N)cc2ccccc2c1-c1c(OC(C)=O)c(N)cc2ccccc12.Cl. The zero-order valence-corrected chi connectivity index (χ0v) is 17.8. The van der Waals surface area contributed by atoms with E-state index in [1.807, 2.05) is 48.5 Å². The second kappa shape index (κ2) is 8.53. The second-order valence-corrected chi connectivity index (χ2v) is 6.97. The summed E-state index contributed by atoms with van der Waals surface area (Å²) in [6.45, 7) is 2.62. The van der Waals surface area contributed by atoms with Crippen LogP contribution in [0.2, 0.25) is 0 Å². The van der Waals surface area contributed by atoms with Crippen molar-refractivity contribution in [2.45, 2.75) is 13.8 Å². The van der Waals surface area contributed by atoms with E-state index in [1.54, 1.807) is 12.1 Å². The summed E-state index contributed by atoms with van der Waals surface area (Å²) in [6, 6.07) is 18.6. The average molecular weight is 437 g/mol. The van der Waals surface area contributed by atoms with Crippen molar-refractivity contribution in [2.75, 3.05) is 11.5 Å². The third-order valence-electron chi connectivity index (χ3n) is 4.80. The molecule has 7 heteroatoms. The highest BCUT2D eigenvalue weighted by Gasteiger charge is 2.24. The summed E-state index contributed by atoms with van der Waals surface area (Å²) in [5.41, 5.74) is 14.2. The Labute approximate surface area is 185 Å². The largest absolute Gasteiger partial charge is 0.424 e. The number of nitrogens with two attached hydrogens (primary N) is 2. The molecular weight excluding hydrogens is 416 g/mol. The van der Waals surface area contributed by atoms with Crippen LogP contribution in [-0.4, -0.2) is 11.9 Å². The molecule has 0 bridgehead atoms. The number of rotatable bonds is 3. The molecule has 0 saturated carbocycles. The zero-order valence-electron chi connectivity index (χ0n) is 17.0. The van der Waals surface area contributed by atoms with Crippen molar-refractivity contribution in [1.29, 1.82) is 0 Å². The minimum Gasteiger partial charge on any atom is -0.424 e. The van der Waals surface area contributed by atoms with Gasteiger partial charge in [-0.1, -0.05) is 48.5 Å². The fraction of sp³-hybridized carbons (Fsp3) is 0.0833. The Kier molecular flexibility index (Phi) is 6.04. The lowest BCUT2D eigenvalue weighted by Crippen LogP contribution is -2.09. The fourth-order valence-corrected chi connectivity index (χ4v) is 3.70. The monoisotopic (exact) mass is 436 g/mol. The third-order valence-corrected chi connectivity index (χ3v) is 4.80.